The molecule has 1 aliphatic carbocycles. The second-order valence-electron chi connectivity index (χ2n) is 4.68. The summed E-state index contributed by atoms with van der Waals surface area (Å²) in [6.45, 7) is 5.45. The lowest BCUT2D eigenvalue weighted by atomic mass is 10.2. The molecule has 0 saturated heterocycles. The van der Waals surface area contributed by atoms with Crippen LogP contribution in [0.5, 0.6) is 0 Å². The third-order valence-corrected chi connectivity index (χ3v) is 2.02. The Hall–Kier alpha value is -1.32. The number of aldehydes is 1. The van der Waals surface area contributed by atoms with Gasteiger partial charge < -0.3 is 10.1 Å². The number of carbonyl (C=O) groups is 2. The molecular formula is C11H17NO3. The van der Waals surface area contributed by atoms with E-state index in [2.05, 4.69) is 5.32 Å². The summed E-state index contributed by atoms with van der Waals surface area (Å²) in [5.41, 5.74) is 0.264. The summed E-state index contributed by atoms with van der Waals surface area (Å²) in [5.74, 6) is 0. The highest BCUT2D eigenvalue weighted by molar-refractivity contribution is 5.75. The summed E-state index contributed by atoms with van der Waals surface area (Å²) in [6.07, 6.45) is 3.55. The molecule has 1 atom stereocenters. The number of ether oxygens (including phenoxy) is 1. The van der Waals surface area contributed by atoms with Crippen LogP contribution < -0.4 is 5.32 Å². The van der Waals surface area contributed by atoms with Gasteiger partial charge in [0.1, 0.15) is 11.9 Å². The number of hydrogen-bond donors (Lipinski definition) is 1. The van der Waals surface area contributed by atoms with Gasteiger partial charge >= 0.3 is 6.09 Å². The molecule has 1 amide bonds. The highest BCUT2D eigenvalue weighted by Gasteiger charge is 2.22. The highest BCUT2D eigenvalue weighted by Crippen LogP contribution is 2.17. The van der Waals surface area contributed by atoms with Gasteiger partial charge in [0, 0.05) is 6.04 Å². The van der Waals surface area contributed by atoms with E-state index in [0.29, 0.717) is 12.8 Å². The topological polar surface area (TPSA) is 55.4 Å². The highest BCUT2D eigenvalue weighted by atomic mass is 16.6. The van der Waals surface area contributed by atoms with Crippen molar-refractivity contribution >= 4 is 12.4 Å². The van der Waals surface area contributed by atoms with Crippen LogP contribution in [0.15, 0.2) is 11.6 Å². The zero-order chi connectivity index (χ0) is 11.5. The standard InChI is InChI=1S/C11H17NO3/c1-11(2,3)15-10(14)12-9-5-4-8(6-9)7-13/h4,7,9H,5-6H2,1-3H3,(H,12,14). The molecule has 0 heterocycles. The van der Waals surface area contributed by atoms with Crippen molar-refractivity contribution in [1.82, 2.24) is 5.32 Å². The predicted octanol–water partition coefficient (Wildman–Crippen LogP) is 1.80. The average molecular weight is 211 g/mol. The molecule has 0 aromatic rings. The van der Waals surface area contributed by atoms with Crippen LogP contribution in [0.3, 0.4) is 0 Å². The molecule has 4 nitrogen and oxygen atoms in total. The molecule has 0 aromatic heterocycles. The van der Waals surface area contributed by atoms with E-state index in [9.17, 15) is 9.59 Å². The third-order valence-electron chi connectivity index (χ3n) is 2.02. The van der Waals surface area contributed by atoms with Crippen molar-refractivity contribution in [2.45, 2.75) is 45.3 Å². The van der Waals surface area contributed by atoms with Crippen molar-refractivity contribution in [2.24, 2.45) is 0 Å². The Morgan fingerprint density at radius 1 is 1.60 bits per heavy atom. The Morgan fingerprint density at radius 3 is 2.73 bits per heavy atom. The number of carbonyl (C=O) groups excluding carboxylic acids is 2. The Labute approximate surface area is 89.7 Å². The molecule has 84 valence electrons. The molecule has 0 saturated carbocycles. The van der Waals surface area contributed by atoms with Gasteiger partial charge in [-0.1, -0.05) is 6.08 Å². The molecule has 0 radical (unpaired) electrons. The van der Waals surface area contributed by atoms with E-state index in [0.717, 1.165) is 11.9 Å². The second kappa shape index (κ2) is 4.47. The first-order valence-electron chi connectivity index (χ1n) is 5.04. The summed E-state index contributed by atoms with van der Waals surface area (Å²) in [6, 6.07) is 0.0000463. The van der Waals surface area contributed by atoms with Crippen LogP contribution in [0, 0.1) is 0 Å². The molecular weight excluding hydrogens is 194 g/mol. The smallest absolute Gasteiger partial charge is 0.407 e. The first-order chi connectivity index (χ1) is 6.90. The van der Waals surface area contributed by atoms with Gasteiger partial charge in [0.05, 0.1) is 0 Å². The normalized spacial score (nSPS) is 20.7. The van der Waals surface area contributed by atoms with Crippen LogP contribution in [-0.2, 0) is 9.53 Å². The van der Waals surface area contributed by atoms with Crippen molar-refractivity contribution < 1.29 is 14.3 Å². The van der Waals surface area contributed by atoms with Crippen LogP contribution >= 0.6 is 0 Å². The summed E-state index contributed by atoms with van der Waals surface area (Å²) >= 11 is 0. The molecule has 0 fully saturated rings. The van der Waals surface area contributed by atoms with E-state index < -0.39 is 11.7 Å². The minimum absolute atomic E-state index is 0.0000463. The Bertz CT molecular complexity index is 289. The second-order valence-corrected chi connectivity index (χ2v) is 4.68. The molecule has 1 N–H and O–H groups in total. The summed E-state index contributed by atoms with van der Waals surface area (Å²) in [7, 11) is 0. The fourth-order valence-electron chi connectivity index (χ4n) is 1.43. The number of hydrogen-bond acceptors (Lipinski definition) is 3. The number of rotatable bonds is 2. The van der Waals surface area contributed by atoms with Gasteiger partial charge in [-0.15, -0.1) is 0 Å². The van der Waals surface area contributed by atoms with Crippen molar-refractivity contribution in [1.29, 1.82) is 0 Å². The van der Waals surface area contributed by atoms with E-state index in [1.54, 1.807) is 0 Å². The molecule has 0 spiro atoms. The predicted molar refractivity (Wildman–Crippen MR) is 56.5 cm³/mol. The van der Waals surface area contributed by atoms with Gasteiger partial charge in [0.25, 0.3) is 0 Å². The van der Waals surface area contributed by atoms with Crippen LogP contribution in [0.2, 0.25) is 0 Å². The van der Waals surface area contributed by atoms with Crippen molar-refractivity contribution in [3.05, 3.63) is 11.6 Å². The summed E-state index contributed by atoms with van der Waals surface area (Å²) in [4.78, 5) is 21.8. The van der Waals surface area contributed by atoms with E-state index in [1.165, 1.54) is 0 Å². The average Bonchev–Trinajstić information content (AvgIpc) is 2.48. The molecule has 0 aliphatic heterocycles. The van der Waals surface area contributed by atoms with E-state index in [4.69, 9.17) is 4.74 Å². The summed E-state index contributed by atoms with van der Waals surface area (Å²) in [5, 5.41) is 2.73. The number of nitrogens with one attached hydrogen (secondary N) is 1. The van der Waals surface area contributed by atoms with Crippen molar-refractivity contribution in [3.8, 4) is 0 Å². The molecule has 0 bridgehead atoms. The fourth-order valence-corrected chi connectivity index (χ4v) is 1.43. The third kappa shape index (κ3) is 4.14. The zero-order valence-electron chi connectivity index (χ0n) is 9.37. The lowest BCUT2D eigenvalue weighted by molar-refractivity contribution is -0.105. The van der Waals surface area contributed by atoms with Crippen LogP contribution in [-0.4, -0.2) is 24.0 Å². The fraction of sp³-hybridized carbons (Fsp3) is 0.636. The molecule has 4 heteroatoms. The Morgan fingerprint density at radius 2 is 2.27 bits per heavy atom. The van der Waals surface area contributed by atoms with Gasteiger partial charge in [-0.3, -0.25) is 4.79 Å². The van der Waals surface area contributed by atoms with E-state index in [1.807, 2.05) is 26.8 Å². The Balaban J connectivity index is 2.32. The van der Waals surface area contributed by atoms with Gasteiger partial charge in [0.2, 0.25) is 0 Å². The van der Waals surface area contributed by atoms with Crippen LogP contribution in [0.1, 0.15) is 33.6 Å². The van der Waals surface area contributed by atoms with Gasteiger partial charge in [-0.2, -0.15) is 0 Å². The maximum atomic E-state index is 11.4. The summed E-state index contributed by atoms with van der Waals surface area (Å²) < 4.78 is 5.11. The molecule has 1 rings (SSSR count). The zero-order valence-corrected chi connectivity index (χ0v) is 9.37. The Kier molecular flexibility index (Phi) is 3.50. The van der Waals surface area contributed by atoms with E-state index >= 15 is 0 Å². The molecule has 0 aromatic carbocycles. The first kappa shape index (κ1) is 11.8. The molecule has 1 unspecified atom stereocenters. The number of amides is 1. The lowest BCUT2D eigenvalue weighted by Crippen LogP contribution is -2.38. The van der Waals surface area contributed by atoms with Crippen LogP contribution in [0.4, 0.5) is 4.79 Å². The quantitative estimate of drug-likeness (QED) is 0.708. The minimum atomic E-state index is -0.483. The van der Waals surface area contributed by atoms with Gasteiger partial charge in [0.15, 0.2) is 0 Å². The van der Waals surface area contributed by atoms with Crippen molar-refractivity contribution in [2.75, 3.05) is 0 Å². The maximum absolute atomic E-state index is 11.4. The van der Waals surface area contributed by atoms with Gasteiger partial charge in [-0.25, -0.2) is 4.79 Å². The SMILES string of the molecule is CC(C)(C)OC(=O)NC1CC=C(C=O)C1. The maximum Gasteiger partial charge on any atom is 0.407 e. The largest absolute Gasteiger partial charge is 0.444 e. The molecule has 15 heavy (non-hydrogen) atoms. The lowest BCUT2D eigenvalue weighted by Gasteiger charge is -2.21. The van der Waals surface area contributed by atoms with Crippen LogP contribution in [0.25, 0.3) is 0 Å². The van der Waals surface area contributed by atoms with Crippen molar-refractivity contribution in [3.63, 3.8) is 0 Å². The molecule has 1 aliphatic rings. The number of alkyl carbamates (subject to hydrolysis) is 1. The van der Waals surface area contributed by atoms with E-state index in [-0.39, 0.29) is 6.04 Å². The van der Waals surface area contributed by atoms with Gasteiger partial charge in [-0.05, 0) is 39.2 Å². The first-order valence-corrected chi connectivity index (χ1v) is 5.04. The minimum Gasteiger partial charge on any atom is -0.444 e. The monoisotopic (exact) mass is 211 g/mol.